The minimum absolute atomic E-state index is 0. The Hall–Kier alpha value is -2.17. The van der Waals surface area contributed by atoms with E-state index in [0.29, 0.717) is 0 Å². The van der Waals surface area contributed by atoms with Crippen molar-refractivity contribution in [3.8, 4) is 0 Å². The van der Waals surface area contributed by atoms with Gasteiger partial charge in [-0.15, -0.1) is 0 Å². The van der Waals surface area contributed by atoms with E-state index in [0.717, 1.165) is 0 Å². The smallest absolute Gasteiger partial charge is 0.0149 e. The summed E-state index contributed by atoms with van der Waals surface area (Å²) in [7, 11) is 0. The van der Waals surface area contributed by atoms with Crippen molar-refractivity contribution in [2.24, 2.45) is 0 Å². The summed E-state index contributed by atoms with van der Waals surface area (Å²) in [6.07, 6.45) is 0. The molecule has 5 heteroatoms. The molecule has 5 rings (SSSR count). The zero-order valence-electron chi connectivity index (χ0n) is 23.4. The van der Waals surface area contributed by atoms with Crippen LogP contribution in [0.15, 0.2) is 125 Å². The van der Waals surface area contributed by atoms with Gasteiger partial charge in [0.1, 0.15) is 0 Å². The Morgan fingerprint density at radius 1 is 0.550 bits per heavy atom. The average Bonchev–Trinajstić information content (AvgIpc) is 3.27. The zero-order chi connectivity index (χ0) is 26.0. The fourth-order valence-electron chi connectivity index (χ4n) is 6.10. The number of hydrogen-bond donors (Lipinski definition) is 1. The molecule has 0 heterocycles. The maximum absolute atomic E-state index is 4.18. The first-order valence-electron chi connectivity index (χ1n) is 13.3. The minimum atomic E-state index is -2.82. The van der Waals surface area contributed by atoms with Crippen molar-refractivity contribution in [3.63, 3.8) is 0 Å². The largest absolute Gasteiger partial charge is 1.00 e. The van der Waals surface area contributed by atoms with Gasteiger partial charge in [0.2, 0.25) is 0 Å². The standard InChI is InChI=1S/C29H21.C4H10N.2CH3.2ClH.H4Si.Ti/c1-5-13-22(14-6-1)26-21-27(23-15-7-2-8-16-23)29(25-19-11-4-12-20-25)28(26)24-17-9-3-10-18-24;1-4(2,3)5;;;;;;/h1-20,26H;5H,1-3H3;2*1H3;2*1H;1H4;/q;-1;;;;;;+3/p-2. The summed E-state index contributed by atoms with van der Waals surface area (Å²) in [4.78, 5) is 0. The van der Waals surface area contributed by atoms with E-state index in [9.17, 15) is 0 Å². The fourth-order valence-corrected chi connectivity index (χ4v) is 12.2. The van der Waals surface area contributed by atoms with Gasteiger partial charge in [-0.1, -0.05) is 0 Å². The summed E-state index contributed by atoms with van der Waals surface area (Å²) in [6.45, 7) is 6.91. The Morgan fingerprint density at radius 3 is 1.35 bits per heavy atom. The maximum atomic E-state index is 4.18. The molecule has 1 atom stereocenters. The van der Waals surface area contributed by atoms with Gasteiger partial charge in [-0.2, -0.15) is 0 Å². The predicted octanol–water partition coefficient (Wildman–Crippen LogP) is 1.92. The molecule has 0 bridgehead atoms. The second-order valence-electron chi connectivity index (χ2n) is 11.5. The summed E-state index contributed by atoms with van der Waals surface area (Å²) in [5.74, 6) is 0.193. The molecule has 40 heavy (non-hydrogen) atoms. The van der Waals surface area contributed by atoms with Crippen molar-refractivity contribution >= 4 is 27.7 Å². The van der Waals surface area contributed by atoms with Crippen LogP contribution < -0.4 is 28.6 Å². The third-order valence-corrected chi connectivity index (χ3v) is 12.2. The molecule has 0 aliphatic heterocycles. The molecule has 1 unspecified atom stereocenters. The van der Waals surface area contributed by atoms with Crippen LogP contribution in [0.2, 0.25) is 10.5 Å². The number of nitrogens with one attached hydrogen (secondary N) is 1. The molecular weight excluding hydrogens is 581 g/mol. The number of hydrogen-bond acceptors (Lipinski definition) is 1. The molecule has 0 saturated carbocycles. The fraction of sp³-hybridized carbons (Fsp3) is 0.200. The number of allylic oxidation sites excluding steroid dienone is 4. The first-order chi connectivity index (χ1) is 17.8. The van der Waals surface area contributed by atoms with Gasteiger partial charge in [0.15, 0.2) is 0 Å². The Bertz CT molecular complexity index is 1430. The molecule has 0 aromatic heterocycles. The van der Waals surface area contributed by atoms with E-state index in [1.807, 2.05) is 0 Å². The first kappa shape index (κ1) is 34.0. The first-order valence-corrected chi connectivity index (χ1v) is 17.9. The summed E-state index contributed by atoms with van der Waals surface area (Å²) in [5.41, 5.74) is 9.49. The minimum Gasteiger partial charge on any atom is -1.00 e. The van der Waals surface area contributed by atoms with Crippen molar-refractivity contribution in [1.29, 1.82) is 0 Å². The average molecular weight is 623 g/mol. The zero-order valence-corrected chi connectivity index (χ0v) is 26.5. The van der Waals surface area contributed by atoms with Crippen LogP contribution in [0.4, 0.5) is 0 Å². The van der Waals surface area contributed by atoms with Crippen molar-refractivity contribution in [2.45, 2.75) is 42.7 Å². The van der Waals surface area contributed by atoms with E-state index < -0.39 is 16.8 Å². The van der Waals surface area contributed by atoms with Gasteiger partial charge in [0, 0.05) is 0 Å². The van der Waals surface area contributed by atoms with Gasteiger partial charge < -0.3 is 24.8 Å². The van der Waals surface area contributed by atoms with Gasteiger partial charge in [0.05, 0.1) is 0 Å². The summed E-state index contributed by atoms with van der Waals surface area (Å²) < 4.78 is 5.79. The van der Waals surface area contributed by atoms with Crippen LogP contribution in [0.1, 0.15) is 48.9 Å². The Morgan fingerprint density at radius 2 is 0.925 bits per heavy atom. The molecule has 0 amide bonds. The van der Waals surface area contributed by atoms with Gasteiger partial charge in [-0.3, -0.25) is 0 Å². The van der Waals surface area contributed by atoms with Crippen LogP contribution in [-0.4, -0.2) is 16.5 Å². The molecule has 0 fully saturated rings. The predicted molar refractivity (Wildman–Crippen MR) is 168 cm³/mol. The van der Waals surface area contributed by atoms with Crippen molar-refractivity contribution in [2.75, 3.05) is 0 Å². The third kappa shape index (κ3) is 7.18. The van der Waals surface area contributed by atoms with E-state index in [1.54, 1.807) is 3.88 Å². The van der Waals surface area contributed by atoms with Gasteiger partial charge in [0.25, 0.3) is 0 Å². The number of halogens is 2. The number of benzene rings is 4. The summed E-state index contributed by atoms with van der Waals surface area (Å²) >= 11 is -2.82. The Kier molecular flexibility index (Phi) is 12.0. The SMILES string of the molecule is CC(C)(C)[NH][Ti+2]([CH3])([CH3])[C]1=C(c2ccccc2)C(c2ccccc2)=C(c2ccccc2)C1c1ccccc1.[Cl-].[Cl-].[SiH4]. The van der Waals surface area contributed by atoms with Crippen molar-refractivity contribution in [3.05, 3.63) is 147 Å². The number of rotatable bonds is 6. The second kappa shape index (κ2) is 14.1. The molecular formula is C35H41Cl2NSiTi. The van der Waals surface area contributed by atoms with E-state index >= 15 is 0 Å². The van der Waals surface area contributed by atoms with Crippen LogP contribution in [-0.2, 0) is 16.8 Å². The van der Waals surface area contributed by atoms with Crippen LogP contribution >= 0.6 is 0 Å². The monoisotopic (exact) mass is 621 g/mol. The summed E-state index contributed by atoms with van der Waals surface area (Å²) in [5, 5.41) is 5.08. The molecule has 4 aromatic carbocycles. The van der Waals surface area contributed by atoms with Crippen molar-refractivity contribution in [1.82, 2.24) is 3.80 Å². The topological polar surface area (TPSA) is 12.0 Å². The van der Waals surface area contributed by atoms with Crippen LogP contribution in [0.3, 0.4) is 0 Å². The normalized spacial score (nSPS) is 14.8. The molecule has 4 aromatic rings. The molecule has 1 aliphatic carbocycles. The summed E-state index contributed by atoms with van der Waals surface area (Å²) in [6, 6.07) is 44.3. The van der Waals surface area contributed by atoms with Gasteiger partial charge in [-0.05, 0) is 11.0 Å². The second-order valence-corrected chi connectivity index (χ2v) is 17.8. The maximum Gasteiger partial charge on any atom is -0.0149 e. The van der Waals surface area contributed by atoms with Gasteiger partial charge in [-0.25, -0.2) is 0 Å². The van der Waals surface area contributed by atoms with Crippen molar-refractivity contribution < 1.29 is 41.7 Å². The molecule has 1 N–H and O–H groups in total. The molecule has 1 aliphatic rings. The molecule has 0 saturated heterocycles. The van der Waals surface area contributed by atoms with E-state index in [4.69, 9.17) is 0 Å². The van der Waals surface area contributed by atoms with Crippen LogP contribution in [0.5, 0.6) is 0 Å². The van der Waals surface area contributed by atoms with Crippen LogP contribution in [0.25, 0.3) is 16.7 Å². The van der Waals surface area contributed by atoms with E-state index in [1.165, 1.54) is 39.0 Å². The van der Waals surface area contributed by atoms with E-state index in [2.05, 4.69) is 156 Å². The van der Waals surface area contributed by atoms with E-state index in [-0.39, 0.29) is 47.2 Å². The third-order valence-electron chi connectivity index (χ3n) is 7.07. The molecule has 1 nitrogen and oxygen atoms in total. The Balaban J connectivity index is 0.00000187. The molecule has 0 radical (unpaired) electrons. The van der Waals surface area contributed by atoms with Gasteiger partial charge >= 0.3 is 228 Å². The molecule has 208 valence electrons. The molecule has 0 spiro atoms. The Labute approximate surface area is 261 Å². The van der Waals surface area contributed by atoms with Crippen LogP contribution in [0, 0.1) is 0 Å². The quantitative estimate of drug-likeness (QED) is 0.325.